The maximum Gasteiger partial charge on any atom is 0.412 e. The lowest BCUT2D eigenvalue weighted by molar-refractivity contribution is -0.141. The van der Waals surface area contributed by atoms with Gasteiger partial charge in [0.2, 0.25) is 11.5 Å². The Morgan fingerprint density at radius 1 is 1.03 bits per heavy atom. The molecule has 0 unspecified atom stereocenters. The number of carboxylic acids is 1. The molecule has 2 aromatic carbocycles. The van der Waals surface area contributed by atoms with Gasteiger partial charge < -0.3 is 15.2 Å². The van der Waals surface area contributed by atoms with E-state index >= 15 is 0 Å². The van der Waals surface area contributed by atoms with Gasteiger partial charge in [0.1, 0.15) is 6.61 Å². The van der Waals surface area contributed by atoms with Crippen LogP contribution in [0.5, 0.6) is 0 Å². The van der Waals surface area contributed by atoms with E-state index in [1.165, 1.54) is 0 Å². The fourth-order valence-electron chi connectivity index (χ4n) is 4.92. The summed E-state index contributed by atoms with van der Waals surface area (Å²) in [5.74, 6) is -1.80. The molecule has 10 nitrogen and oxygen atoms in total. The van der Waals surface area contributed by atoms with Crippen molar-refractivity contribution in [2.75, 3.05) is 18.5 Å². The smallest absolute Gasteiger partial charge is 0.412 e. The largest absolute Gasteiger partial charge is 0.481 e. The molecular formula is C25H24N4O6. The number of rotatable bonds is 8. The maximum absolute atomic E-state index is 12.6. The van der Waals surface area contributed by atoms with Gasteiger partial charge in [0.05, 0.1) is 6.42 Å². The Bertz CT molecular complexity index is 1240. The quantitative estimate of drug-likeness (QED) is 0.445. The zero-order valence-corrected chi connectivity index (χ0v) is 18.8. The van der Waals surface area contributed by atoms with Gasteiger partial charge in [-0.1, -0.05) is 55.0 Å². The Kier molecular flexibility index (Phi) is 5.94. The molecule has 2 aliphatic rings. The molecule has 1 aromatic heterocycles. The molecule has 3 N–H and O–H groups in total. The average molecular weight is 476 g/mol. The van der Waals surface area contributed by atoms with Crippen molar-refractivity contribution in [3.63, 3.8) is 0 Å². The van der Waals surface area contributed by atoms with Crippen molar-refractivity contribution in [1.29, 1.82) is 0 Å². The first-order chi connectivity index (χ1) is 17.0. The van der Waals surface area contributed by atoms with Crippen molar-refractivity contribution in [3.8, 4) is 11.1 Å². The molecule has 0 bridgehead atoms. The second-order valence-corrected chi connectivity index (χ2v) is 9.02. The molecule has 35 heavy (non-hydrogen) atoms. The number of carbonyl (C=O) groups is 3. The van der Waals surface area contributed by atoms with Gasteiger partial charge >= 0.3 is 12.1 Å². The van der Waals surface area contributed by atoms with Gasteiger partial charge in [-0.3, -0.25) is 14.9 Å². The Hall–Kier alpha value is -4.21. The number of hydrogen-bond acceptors (Lipinski definition) is 7. The second-order valence-electron chi connectivity index (χ2n) is 9.02. The summed E-state index contributed by atoms with van der Waals surface area (Å²) >= 11 is 0. The van der Waals surface area contributed by atoms with Crippen molar-refractivity contribution >= 4 is 23.8 Å². The van der Waals surface area contributed by atoms with E-state index in [1.807, 2.05) is 48.5 Å². The number of carboxylic acid groups (broad SMARTS) is 1. The third-order valence-corrected chi connectivity index (χ3v) is 6.83. The van der Waals surface area contributed by atoms with E-state index in [9.17, 15) is 14.4 Å². The summed E-state index contributed by atoms with van der Waals surface area (Å²) in [6.07, 6.45) is 1.56. The number of aliphatic carboxylic acids is 1. The summed E-state index contributed by atoms with van der Waals surface area (Å²) in [5.41, 5.74) is 3.72. The molecule has 3 aromatic rings. The van der Waals surface area contributed by atoms with Crippen molar-refractivity contribution < 1.29 is 28.9 Å². The number of ether oxygens (including phenoxy) is 1. The standard InChI is InChI=1S/C25H24N4O6/c30-20(31)12-25(10-5-11-25)14-26-23(32)21-22(29-35-28-21)27-24(33)34-13-19-17-8-3-1-6-15(17)16-7-2-4-9-18(16)19/h1-4,6-9,19H,5,10-14H2,(H,26,32)(H,30,31)(H,27,29,33). The van der Waals surface area contributed by atoms with E-state index in [0.29, 0.717) is 0 Å². The van der Waals surface area contributed by atoms with Crippen molar-refractivity contribution in [1.82, 2.24) is 15.6 Å². The van der Waals surface area contributed by atoms with Crippen LogP contribution >= 0.6 is 0 Å². The monoisotopic (exact) mass is 476 g/mol. The minimum absolute atomic E-state index is 0.0186. The highest BCUT2D eigenvalue weighted by molar-refractivity contribution is 5.99. The third kappa shape index (κ3) is 4.46. The number of nitrogens with one attached hydrogen (secondary N) is 2. The minimum Gasteiger partial charge on any atom is -0.481 e. The van der Waals surface area contributed by atoms with Crippen LogP contribution in [0.4, 0.5) is 10.6 Å². The van der Waals surface area contributed by atoms with E-state index in [0.717, 1.165) is 41.5 Å². The number of carbonyl (C=O) groups excluding carboxylic acids is 2. The van der Waals surface area contributed by atoms with Crippen LogP contribution in [0.3, 0.4) is 0 Å². The molecule has 2 aliphatic carbocycles. The summed E-state index contributed by atoms with van der Waals surface area (Å²) in [4.78, 5) is 36.3. The molecule has 0 saturated heterocycles. The van der Waals surface area contributed by atoms with Crippen LogP contribution in [0, 0.1) is 5.41 Å². The minimum atomic E-state index is -0.903. The van der Waals surface area contributed by atoms with Crippen molar-refractivity contribution in [2.45, 2.75) is 31.6 Å². The molecule has 2 amide bonds. The lowest BCUT2D eigenvalue weighted by Gasteiger charge is -2.40. The summed E-state index contributed by atoms with van der Waals surface area (Å²) in [7, 11) is 0. The number of nitrogens with zero attached hydrogens (tertiary/aromatic N) is 2. The third-order valence-electron chi connectivity index (χ3n) is 6.83. The van der Waals surface area contributed by atoms with Gasteiger partial charge in [0.25, 0.3) is 5.91 Å². The highest BCUT2D eigenvalue weighted by Gasteiger charge is 2.39. The molecule has 10 heteroatoms. The van der Waals surface area contributed by atoms with E-state index < -0.39 is 23.4 Å². The highest BCUT2D eigenvalue weighted by atomic mass is 16.6. The highest BCUT2D eigenvalue weighted by Crippen LogP contribution is 2.45. The van der Waals surface area contributed by atoms with Crippen molar-refractivity contribution in [2.24, 2.45) is 5.41 Å². The molecule has 0 aliphatic heterocycles. The summed E-state index contributed by atoms with van der Waals surface area (Å²) in [6, 6.07) is 16.0. The normalized spacial score (nSPS) is 15.4. The predicted molar refractivity (Wildman–Crippen MR) is 124 cm³/mol. The Labute approximate surface area is 200 Å². The molecule has 0 atom stereocenters. The lowest BCUT2D eigenvalue weighted by Crippen LogP contribution is -2.43. The van der Waals surface area contributed by atoms with E-state index in [-0.39, 0.29) is 37.0 Å². The van der Waals surface area contributed by atoms with Crippen LogP contribution in [0.2, 0.25) is 0 Å². The van der Waals surface area contributed by atoms with Crippen LogP contribution in [0.1, 0.15) is 53.2 Å². The number of hydrogen-bond donors (Lipinski definition) is 3. The van der Waals surface area contributed by atoms with Crippen LogP contribution in [-0.4, -0.2) is 46.5 Å². The molecule has 1 fully saturated rings. The number of aromatic nitrogens is 2. The molecule has 5 rings (SSSR count). The zero-order valence-electron chi connectivity index (χ0n) is 18.8. The Morgan fingerprint density at radius 2 is 1.69 bits per heavy atom. The van der Waals surface area contributed by atoms with Crippen LogP contribution in [0.15, 0.2) is 53.2 Å². The molecular weight excluding hydrogens is 452 g/mol. The van der Waals surface area contributed by atoms with Crippen molar-refractivity contribution in [3.05, 3.63) is 65.4 Å². The first kappa shape index (κ1) is 22.6. The molecule has 180 valence electrons. The SMILES string of the molecule is O=C(O)CC1(CNC(=O)c2nonc2NC(=O)OCC2c3ccccc3-c3ccccc32)CCC1. The van der Waals surface area contributed by atoms with Gasteiger partial charge in [0.15, 0.2) is 0 Å². The molecule has 0 spiro atoms. The van der Waals surface area contributed by atoms with Gasteiger partial charge in [-0.15, -0.1) is 0 Å². The second kappa shape index (κ2) is 9.21. The van der Waals surface area contributed by atoms with E-state index in [1.54, 1.807) is 0 Å². The molecule has 1 saturated carbocycles. The number of benzene rings is 2. The number of amides is 2. The van der Waals surface area contributed by atoms with Gasteiger partial charge in [-0.25, -0.2) is 9.42 Å². The zero-order chi connectivity index (χ0) is 24.4. The maximum atomic E-state index is 12.6. The van der Waals surface area contributed by atoms with Gasteiger partial charge in [-0.2, -0.15) is 0 Å². The van der Waals surface area contributed by atoms with Crippen LogP contribution in [0.25, 0.3) is 11.1 Å². The van der Waals surface area contributed by atoms with E-state index in [2.05, 4.69) is 25.6 Å². The molecule has 0 radical (unpaired) electrons. The topological polar surface area (TPSA) is 144 Å². The fourth-order valence-corrected chi connectivity index (χ4v) is 4.92. The summed E-state index contributed by atoms with van der Waals surface area (Å²) in [6.45, 7) is 0.291. The first-order valence-electron chi connectivity index (χ1n) is 11.4. The van der Waals surface area contributed by atoms with Gasteiger partial charge in [0, 0.05) is 12.5 Å². The first-order valence-corrected chi connectivity index (χ1v) is 11.4. The van der Waals surface area contributed by atoms with Crippen LogP contribution in [-0.2, 0) is 9.53 Å². The van der Waals surface area contributed by atoms with Gasteiger partial charge in [-0.05, 0) is 50.8 Å². The fraction of sp³-hybridized carbons (Fsp3) is 0.320. The molecule has 1 heterocycles. The van der Waals surface area contributed by atoms with Crippen LogP contribution < -0.4 is 10.6 Å². The number of fused-ring (bicyclic) bond motifs is 3. The lowest BCUT2D eigenvalue weighted by atomic mass is 9.66. The summed E-state index contributed by atoms with van der Waals surface area (Å²) in [5, 5.41) is 21.4. The summed E-state index contributed by atoms with van der Waals surface area (Å²) < 4.78 is 10.1. The number of anilines is 1. The van der Waals surface area contributed by atoms with E-state index in [4.69, 9.17) is 9.84 Å². The Morgan fingerprint density at radius 3 is 2.29 bits per heavy atom. The average Bonchev–Trinajstić information content (AvgIpc) is 3.41. The predicted octanol–water partition coefficient (Wildman–Crippen LogP) is 3.81. The Balaban J connectivity index is 1.20.